The molecule has 1 saturated carbocycles. The van der Waals surface area contributed by atoms with Gasteiger partial charge in [0.1, 0.15) is 0 Å². The minimum atomic E-state index is -0.521. The van der Waals surface area contributed by atoms with Gasteiger partial charge >= 0.3 is 17.2 Å². The summed E-state index contributed by atoms with van der Waals surface area (Å²) in [5.41, 5.74) is 0.384. The van der Waals surface area contributed by atoms with Crippen molar-refractivity contribution in [3.8, 4) is 0 Å². The molecule has 2 N–H and O–H groups in total. The predicted octanol–water partition coefficient (Wildman–Crippen LogP) is 0.197. The van der Waals surface area contributed by atoms with Crippen molar-refractivity contribution >= 4 is 29.3 Å². The lowest BCUT2D eigenvalue weighted by Gasteiger charge is -2.22. The van der Waals surface area contributed by atoms with Crippen molar-refractivity contribution in [3.05, 3.63) is 11.8 Å². The summed E-state index contributed by atoms with van der Waals surface area (Å²) in [6, 6.07) is 0. The highest BCUT2D eigenvalue weighted by Gasteiger charge is 2.49. The van der Waals surface area contributed by atoms with Crippen LogP contribution >= 0.6 is 11.8 Å². The van der Waals surface area contributed by atoms with Crippen LogP contribution in [0.5, 0.6) is 0 Å². The van der Waals surface area contributed by atoms with Gasteiger partial charge < -0.3 is 5.32 Å². The fraction of sp³-hybridized carbons (Fsp3) is 0.625. The molecule has 0 saturated heterocycles. The standard InChI is InChI=1S/C8H10N2O2S2/c1-13-8(2-3-8)5-4-6(11)10-7(9-5)14-12/h4,7H,2-3H2,1H3,(H-,9,10,11)/p+1. The van der Waals surface area contributed by atoms with E-state index in [9.17, 15) is 9.00 Å². The molecule has 14 heavy (non-hydrogen) atoms. The first-order valence-corrected chi connectivity index (χ1v) is 6.36. The number of carbonyl (C=O) groups excluding carboxylic acids is 1. The molecule has 0 radical (unpaired) electrons. The summed E-state index contributed by atoms with van der Waals surface area (Å²) in [6.45, 7) is 0. The molecular weight excluding hydrogens is 220 g/mol. The van der Waals surface area contributed by atoms with Gasteiger partial charge in [-0.3, -0.25) is 10.1 Å². The van der Waals surface area contributed by atoms with Crippen LogP contribution in [0.25, 0.3) is 0 Å². The Kier molecular flexibility index (Phi) is 2.48. The van der Waals surface area contributed by atoms with E-state index >= 15 is 0 Å². The maximum absolute atomic E-state index is 11.2. The van der Waals surface area contributed by atoms with Crippen LogP contribution in [-0.4, -0.2) is 22.4 Å². The molecular formula is C8H11N2O2S2+. The molecule has 0 aromatic rings. The van der Waals surface area contributed by atoms with Gasteiger partial charge in [-0.05, 0) is 19.1 Å². The normalized spacial score (nSPS) is 28.5. The summed E-state index contributed by atoms with van der Waals surface area (Å²) >= 11 is 2.10. The van der Waals surface area contributed by atoms with Gasteiger partial charge in [-0.25, -0.2) is 0 Å². The molecule has 76 valence electrons. The minimum absolute atomic E-state index is 0.0751. The Labute approximate surface area is 90.4 Å². The monoisotopic (exact) mass is 231 g/mol. The smallest absolute Gasteiger partial charge is 0.313 e. The van der Waals surface area contributed by atoms with Crippen LogP contribution in [-0.2, 0) is 20.7 Å². The number of hydrogen-bond acceptors (Lipinski definition) is 4. The van der Waals surface area contributed by atoms with Crippen molar-refractivity contribution in [1.29, 1.82) is 0 Å². The third-order valence-electron chi connectivity index (χ3n) is 2.52. The highest BCUT2D eigenvalue weighted by Crippen LogP contribution is 2.52. The van der Waals surface area contributed by atoms with Crippen LogP contribution in [0.1, 0.15) is 12.8 Å². The van der Waals surface area contributed by atoms with Crippen LogP contribution < -0.4 is 10.6 Å². The molecule has 0 aromatic heterocycles. The molecule has 2 aliphatic rings. The number of rotatable bonds is 3. The summed E-state index contributed by atoms with van der Waals surface area (Å²) in [5, 5.41) is 5.58. The second kappa shape index (κ2) is 3.51. The van der Waals surface area contributed by atoms with Crippen LogP contribution in [0.4, 0.5) is 0 Å². The van der Waals surface area contributed by atoms with Crippen molar-refractivity contribution in [3.63, 3.8) is 0 Å². The topological polar surface area (TPSA) is 58.2 Å². The van der Waals surface area contributed by atoms with E-state index < -0.39 is 5.50 Å². The van der Waals surface area contributed by atoms with Gasteiger partial charge in [0.25, 0.3) is 5.91 Å². The highest BCUT2D eigenvalue weighted by molar-refractivity contribution is 8.00. The lowest BCUT2D eigenvalue weighted by Crippen LogP contribution is -2.50. The summed E-state index contributed by atoms with van der Waals surface area (Å²) in [5.74, 6) is -0.174. The molecule has 6 heteroatoms. The second-order valence-electron chi connectivity index (χ2n) is 3.39. The van der Waals surface area contributed by atoms with Crippen LogP contribution in [0.2, 0.25) is 0 Å². The Morgan fingerprint density at radius 3 is 2.79 bits per heavy atom. The molecule has 0 spiro atoms. The van der Waals surface area contributed by atoms with Crippen LogP contribution in [0.15, 0.2) is 11.8 Å². The Morgan fingerprint density at radius 1 is 1.57 bits per heavy atom. The SMILES string of the molecule is CSC1(C2=CC(=O)NC([S+]=O)N2)CC1. The summed E-state index contributed by atoms with van der Waals surface area (Å²) in [6.07, 6.45) is 5.75. The number of hydrogen-bond donors (Lipinski definition) is 2. The molecule has 0 aromatic carbocycles. The fourth-order valence-corrected chi connectivity index (χ4v) is 2.72. The summed E-state index contributed by atoms with van der Waals surface area (Å²) in [4.78, 5) is 11.2. The number of thioether (sulfide) groups is 1. The van der Waals surface area contributed by atoms with Gasteiger partial charge in [-0.15, -0.1) is 0 Å². The Morgan fingerprint density at radius 2 is 2.29 bits per heavy atom. The molecule has 0 bridgehead atoms. The largest absolute Gasteiger partial charge is 0.510 e. The average molecular weight is 231 g/mol. The molecule has 1 fully saturated rings. The van der Waals surface area contributed by atoms with E-state index in [-0.39, 0.29) is 10.7 Å². The number of nitrogens with one attached hydrogen (secondary N) is 2. The van der Waals surface area contributed by atoms with E-state index in [0.29, 0.717) is 11.7 Å². The Hall–Kier alpha value is -0.620. The quantitative estimate of drug-likeness (QED) is 0.681. The van der Waals surface area contributed by atoms with Gasteiger partial charge in [-0.1, -0.05) is 0 Å². The maximum atomic E-state index is 11.2. The number of carbonyl (C=O) groups is 1. The van der Waals surface area contributed by atoms with E-state index in [2.05, 4.69) is 10.6 Å². The minimum Gasteiger partial charge on any atom is -0.313 e. The van der Waals surface area contributed by atoms with Crippen molar-refractivity contribution in [1.82, 2.24) is 10.6 Å². The first-order chi connectivity index (χ1) is 6.70. The summed E-state index contributed by atoms with van der Waals surface area (Å²) < 4.78 is 10.7. The van der Waals surface area contributed by atoms with Gasteiger partial charge in [-0.2, -0.15) is 11.8 Å². The summed E-state index contributed by atoms with van der Waals surface area (Å²) in [7, 11) is 0. The van der Waals surface area contributed by atoms with Gasteiger partial charge in [0.05, 0.1) is 4.75 Å². The lowest BCUT2D eigenvalue weighted by molar-refractivity contribution is -0.117. The number of amides is 1. The molecule has 1 aliphatic carbocycles. The zero-order valence-corrected chi connectivity index (χ0v) is 9.33. The van der Waals surface area contributed by atoms with Gasteiger partial charge in [0.2, 0.25) is 0 Å². The van der Waals surface area contributed by atoms with Crippen LogP contribution in [0.3, 0.4) is 0 Å². The fourth-order valence-electron chi connectivity index (χ4n) is 1.53. The van der Waals surface area contributed by atoms with Gasteiger partial charge in [0, 0.05) is 16.0 Å². The van der Waals surface area contributed by atoms with E-state index in [4.69, 9.17) is 0 Å². The zero-order chi connectivity index (χ0) is 10.2. The lowest BCUT2D eigenvalue weighted by atomic mass is 10.2. The molecule has 1 atom stereocenters. The third-order valence-corrected chi connectivity index (χ3v) is 4.36. The van der Waals surface area contributed by atoms with Crippen molar-refractivity contribution in [2.45, 2.75) is 23.1 Å². The average Bonchev–Trinajstić information content (AvgIpc) is 2.97. The van der Waals surface area contributed by atoms with E-state index in [1.807, 2.05) is 6.26 Å². The molecule has 1 aliphatic heterocycles. The molecule has 1 heterocycles. The highest BCUT2D eigenvalue weighted by atomic mass is 32.2. The molecule has 1 unspecified atom stereocenters. The van der Waals surface area contributed by atoms with Crippen molar-refractivity contribution in [2.75, 3.05) is 6.26 Å². The predicted molar refractivity (Wildman–Crippen MR) is 56.7 cm³/mol. The van der Waals surface area contributed by atoms with E-state index in [0.717, 1.165) is 18.5 Å². The zero-order valence-electron chi connectivity index (χ0n) is 7.70. The molecule has 1 amide bonds. The van der Waals surface area contributed by atoms with Crippen molar-refractivity contribution < 1.29 is 9.00 Å². The first-order valence-electron chi connectivity index (χ1n) is 4.33. The Bertz CT molecular complexity index is 312. The molecule has 2 rings (SSSR count). The molecule has 4 nitrogen and oxygen atoms in total. The van der Waals surface area contributed by atoms with E-state index in [1.54, 1.807) is 17.8 Å². The van der Waals surface area contributed by atoms with Crippen LogP contribution in [0, 0.1) is 0 Å². The van der Waals surface area contributed by atoms with Gasteiger partial charge in [0.15, 0.2) is 0 Å². The first kappa shape index (κ1) is 9.92. The maximum Gasteiger partial charge on any atom is 0.510 e. The van der Waals surface area contributed by atoms with Crippen molar-refractivity contribution in [2.24, 2.45) is 0 Å². The second-order valence-corrected chi connectivity index (χ2v) is 5.24. The van der Waals surface area contributed by atoms with E-state index in [1.165, 1.54) is 0 Å². The Balaban J connectivity index is 2.19. The third kappa shape index (κ3) is 1.64.